The second-order valence-electron chi connectivity index (χ2n) is 8.36. The van der Waals surface area contributed by atoms with Gasteiger partial charge in [-0.2, -0.15) is 9.97 Å². The van der Waals surface area contributed by atoms with Crippen LogP contribution in [0.15, 0.2) is 30.6 Å². The van der Waals surface area contributed by atoms with Gasteiger partial charge in [-0.1, -0.05) is 0 Å². The SMILES string of the molecule is CCOP(=S)(OCC)c1ccc(Nc2nc(NC3CCC(N)CC3)nc3c2ncn3CC)cc1. The maximum atomic E-state index is 6.07. The van der Waals surface area contributed by atoms with Crippen LogP contribution in [0.4, 0.5) is 17.5 Å². The van der Waals surface area contributed by atoms with Gasteiger partial charge in [0.15, 0.2) is 17.0 Å². The lowest BCUT2D eigenvalue weighted by molar-refractivity contribution is 0.275. The molecule has 1 aliphatic carbocycles. The summed E-state index contributed by atoms with van der Waals surface area (Å²) in [5.74, 6) is 1.26. The normalized spacial score (nSPS) is 18.8. The van der Waals surface area contributed by atoms with Crippen molar-refractivity contribution < 1.29 is 9.05 Å². The quantitative estimate of drug-likeness (QED) is 0.349. The lowest BCUT2D eigenvalue weighted by Crippen LogP contribution is -2.33. The Balaban J connectivity index is 1.60. The molecule has 1 aliphatic rings. The molecular formula is C23H34N7O2PS. The summed E-state index contributed by atoms with van der Waals surface area (Å²) in [5, 5.41) is 7.82. The van der Waals surface area contributed by atoms with E-state index < -0.39 is 6.49 Å². The standard InChI is InChI=1S/C23H34N7O2PS/c1-4-30-15-25-20-21(28-23(29-22(20)30)27-18-9-7-16(24)8-10-18)26-17-11-13-19(14-12-17)33(34,31-5-2)32-6-3/h11-16,18H,4-10,24H2,1-3H3,(H2,26,27,28,29). The molecule has 0 bridgehead atoms. The van der Waals surface area contributed by atoms with Crippen LogP contribution in [0, 0.1) is 0 Å². The van der Waals surface area contributed by atoms with Crippen LogP contribution in [-0.4, -0.2) is 44.8 Å². The van der Waals surface area contributed by atoms with Crippen molar-refractivity contribution >= 4 is 52.2 Å². The van der Waals surface area contributed by atoms with E-state index in [9.17, 15) is 0 Å². The van der Waals surface area contributed by atoms with Crippen molar-refractivity contribution in [3.8, 4) is 0 Å². The third kappa shape index (κ3) is 5.58. The molecule has 184 valence electrons. The van der Waals surface area contributed by atoms with Gasteiger partial charge in [-0.15, -0.1) is 0 Å². The topological polar surface area (TPSA) is 112 Å². The average molecular weight is 504 g/mol. The fourth-order valence-corrected chi connectivity index (χ4v) is 6.73. The first kappa shape index (κ1) is 25.0. The van der Waals surface area contributed by atoms with Gasteiger partial charge >= 0.3 is 0 Å². The van der Waals surface area contributed by atoms with Gasteiger partial charge in [-0.05, 0) is 82.5 Å². The van der Waals surface area contributed by atoms with Crippen molar-refractivity contribution in [1.82, 2.24) is 19.5 Å². The second kappa shape index (κ2) is 11.1. The van der Waals surface area contributed by atoms with Crippen LogP contribution in [0.2, 0.25) is 0 Å². The molecule has 0 radical (unpaired) electrons. The molecule has 1 fully saturated rings. The highest BCUT2D eigenvalue weighted by molar-refractivity contribution is 8.13. The number of anilines is 3. The molecule has 4 rings (SSSR count). The summed E-state index contributed by atoms with van der Waals surface area (Å²) >= 11 is 5.72. The zero-order valence-electron chi connectivity index (χ0n) is 20.0. The van der Waals surface area contributed by atoms with Crippen LogP contribution < -0.4 is 21.7 Å². The minimum absolute atomic E-state index is 0.296. The van der Waals surface area contributed by atoms with E-state index in [-0.39, 0.29) is 0 Å². The van der Waals surface area contributed by atoms with Gasteiger partial charge in [0.25, 0.3) is 0 Å². The van der Waals surface area contributed by atoms with Crippen molar-refractivity contribution in [3.63, 3.8) is 0 Å². The summed E-state index contributed by atoms with van der Waals surface area (Å²) < 4.78 is 13.7. The number of benzene rings is 1. The molecule has 2 heterocycles. The minimum Gasteiger partial charge on any atom is -0.351 e. The molecule has 0 spiro atoms. The summed E-state index contributed by atoms with van der Waals surface area (Å²) in [6.45, 7) is 5.24. The molecule has 2 aromatic heterocycles. The highest BCUT2D eigenvalue weighted by Crippen LogP contribution is 2.47. The highest BCUT2D eigenvalue weighted by atomic mass is 32.5. The number of aromatic nitrogens is 4. The molecule has 4 N–H and O–H groups in total. The van der Waals surface area contributed by atoms with Crippen LogP contribution in [0.1, 0.15) is 46.5 Å². The van der Waals surface area contributed by atoms with Gasteiger partial charge in [0.1, 0.15) is 0 Å². The van der Waals surface area contributed by atoms with Crippen LogP contribution in [0.5, 0.6) is 0 Å². The van der Waals surface area contributed by atoms with Crippen LogP contribution in [0.25, 0.3) is 11.2 Å². The van der Waals surface area contributed by atoms with Crippen LogP contribution >= 0.6 is 6.49 Å². The monoisotopic (exact) mass is 503 g/mol. The molecule has 34 heavy (non-hydrogen) atoms. The molecule has 1 saturated carbocycles. The number of nitrogens with zero attached hydrogens (tertiary/aromatic N) is 4. The third-order valence-electron chi connectivity index (χ3n) is 5.95. The van der Waals surface area contributed by atoms with E-state index in [2.05, 4.69) is 22.5 Å². The van der Waals surface area contributed by atoms with Crippen LogP contribution in [-0.2, 0) is 27.4 Å². The van der Waals surface area contributed by atoms with Gasteiger partial charge in [-0.25, -0.2) is 4.98 Å². The van der Waals surface area contributed by atoms with E-state index in [4.69, 9.17) is 36.6 Å². The highest BCUT2D eigenvalue weighted by Gasteiger charge is 2.22. The first-order valence-electron chi connectivity index (χ1n) is 12.0. The summed E-state index contributed by atoms with van der Waals surface area (Å²) in [6.07, 6.45) is 5.87. The number of rotatable bonds is 10. The van der Waals surface area contributed by atoms with Crippen molar-refractivity contribution in [2.45, 2.75) is 65.1 Å². The summed E-state index contributed by atoms with van der Waals surface area (Å²) in [4.78, 5) is 14.1. The molecule has 0 amide bonds. The lowest BCUT2D eigenvalue weighted by atomic mass is 9.92. The van der Waals surface area contributed by atoms with E-state index in [0.29, 0.717) is 37.1 Å². The minimum atomic E-state index is -2.50. The predicted molar refractivity (Wildman–Crippen MR) is 142 cm³/mol. The number of nitrogens with one attached hydrogen (secondary N) is 2. The average Bonchev–Trinajstić information content (AvgIpc) is 3.25. The van der Waals surface area contributed by atoms with Crippen LogP contribution in [0.3, 0.4) is 0 Å². The molecule has 0 saturated heterocycles. The molecule has 1 aromatic carbocycles. The first-order valence-corrected chi connectivity index (χ1v) is 14.6. The zero-order chi connectivity index (χ0) is 24.1. The molecule has 11 heteroatoms. The van der Waals surface area contributed by atoms with Gasteiger partial charge in [0.2, 0.25) is 12.4 Å². The number of aryl methyl sites for hydroxylation is 1. The van der Waals surface area contributed by atoms with E-state index in [0.717, 1.165) is 54.4 Å². The summed E-state index contributed by atoms with van der Waals surface area (Å²) in [5.41, 5.74) is 8.48. The maximum absolute atomic E-state index is 6.07. The first-order chi connectivity index (χ1) is 16.5. The Bertz CT molecular complexity index is 1140. The smallest absolute Gasteiger partial charge is 0.227 e. The third-order valence-corrected chi connectivity index (χ3v) is 9.35. The largest absolute Gasteiger partial charge is 0.351 e. The van der Waals surface area contributed by atoms with Gasteiger partial charge in [0, 0.05) is 29.6 Å². The predicted octanol–water partition coefficient (Wildman–Crippen LogP) is 4.28. The van der Waals surface area contributed by atoms with Gasteiger partial charge < -0.3 is 30.0 Å². The number of hydrogen-bond acceptors (Lipinski definition) is 9. The fourth-order valence-electron chi connectivity index (χ4n) is 4.16. The second-order valence-corrected chi connectivity index (χ2v) is 11.8. The molecule has 3 aromatic rings. The van der Waals surface area contributed by atoms with Crippen molar-refractivity contribution in [3.05, 3.63) is 30.6 Å². The van der Waals surface area contributed by atoms with E-state index in [1.54, 1.807) is 6.33 Å². The Kier molecular flexibility index (Phi) is 8.16. The zero-order valence-corrected chi connectivity index (χ0v) is 21.7. The number of nitrogens with two attached hydrogens (primary N) is 1. The lowest BCUT2D eigenvalue weighted by Gasteiger charge is -2.26. The molecule has 9 nitrogen and oxygen atoms in total. The Morgan fingerprint density at radius 1 is 1.06 bits per heavy atom. The Hall–Kier alpha value is -2.10. The Labute approximate surface area is 206 Å². The van der Waals surface area contributed by atoms with E-state index >= 15 is 0 Å². The molecule has 0 aliphatic heterocycles. The fraction of sp³-hybridized carbons (Fsp3) is 0.522. The van der Waals surface area contributed by atoms with Gasteiger partial charge in [-0.3, -0.25) is 0 Å². The van der Waals surface area contributed by atoms with Crippen molar-refractivity contribution in [2.75, 3.05) is 23.8 Å². The Morgan fingerprint density at radius 2 is 1.74 bits per heavy atom. The molecular weight excluding hydrogens is 469 g/mol. The van der Waals surface area contributed by atoms with Crippen molar-refractivity contribution in [2.24, 2.45) is 5.73 Å². The van der Waals surface area contributed by atoms with E-state index in [1.165, 1.54) is 0 Å². The number of hydrogen-bond donors (Lipinski definition) is 3. The summed E-state index contributed by atoms with van der Waals surface area (Å²) in [6, 6.07) is 8.47. The van der Waals surface area contributed by atoms with Crippen molar-refractivity contribution in [1.29, 1.82) is 0 Å². The Morgan fingerprint density at radius 3 is 2.35 bits per heavy atom. The van der Waals surface area contributed by atoms with Gasteiger partial charge in [0.05, 0.1) is 19.5 Å². The molecule has 0 unspecified atom stereocenters. The number of imidazole rings is 1. The summed E-state index contributed by atoms with van der Waals surface area (Å²) in [7, 11) is 0. The maximum Gasteiger partial charge on any atom is 0.227 e. The van der Waals surface area contributed by atoms with E-state index in [1.807, 2.05) is 42.7 Å². The molecule has 0 atom stereocenters. The number of fused-ring (bicyclic) bond motifs is 1.